The first-order valence-electron chi connectivity index (χ1n) is 5.31. The van der Waals surface area contributed by atoms with E-state index in [2.05, 4.69) is 0 Å². The smallest absolute Gasteiger partial charge is 0.207 e. The second-order valence-corrected chi connectivity index (χ2v) is 6.04. The van der Waals surface area contributed by atoms with Crippen LogP contribution in [0.5, 0.6) is 0 Å². The first-order valence-corrected chi connectivity index (χ1v) is 6.75. The molecule has 0 aromatic heterocycles. The molecule has 0 saturated heterocycles. The van der Waals surface area contributed by atoms with Gasteiger partial charge in [0.05, 0.1) is 17.4 Å². The van der Waals surface area contributed by atoms with Crippen LogP contribution in [0.15, 0.2) is 29.2 Å². The van der Waals surface area contributed by atoms with Crippen molar-refractivity contribution in [3.63, 3.8) is 0 Å². The van der Waals surface area contributed by atoms with Gasteiger partial charge in [-0.05, 0) is 26.0 Å². The minimum absolute atomic E-state index is 0.182. The molecule has 5 heteroatoms. The highest BCUT2D eigenvalue weighted by molar-refractivity contribution is 7.89. The Bertz CT molecular complexity index is 514. The van der Waals surface area contributed by atoms with Gasteiger partial charge >= 0.3 is 0 Å². The summed E-state index contributed by atoms with van der Waals surface area (Å²) < 4.78 is 25.6. The van der Waals surface area contributed by atoms with E-state index in [1.165, 1.54) is 11.4 Å². The molecule has 0 spiro atoms. The van der Waals surface area contributed by atoms with Crippen molar-refractivity contribution in [2.45, 2.75) is 31.2 Å². The summed E-state index contributed by atoms with van der Waals surface area (Å²) in [5.74, 6) is 0. The minimum Gasteiger partial charge on any atom is -0.207 e. The molecule has 0 saturated carbocycles. The number of benzene rings is 1. The maximum Gasteiger partial charge on any atom is 0.243 e. The van der Waals surface area contributed by atoms with Crippen LogP contribution in [-0.4, -0.2) is 25.8 Å². The molecule has 0 fully saturated rings. The topological polar surface area (TPSA) is 61.2 Å². The zero-order valence-corrected chi connectivity index (χ0v) is 11.0. The Morgan fingerprint density at radius 1 is 1.35 bits per heavy atom. The van der Waals surface area contributed by atoms with Crippen LogP contribution in [-0.2, 0) is 10.0 Å². The predicted molar refractivity (Wildman–Crippen MR) is 65.8 cm³/mol. The summed E-state index contributed by atoms with van der Waals surface area (Å²) in [6, 6.07) is 8.33. The number of hydrogen-bond donors (Lipinski definition) is 0. The number of hydrogen-bond acceptors (Lipinski definition) is 3. The van der Waals surface area contributed by atoms with E-state index >= 15 is 0 Å². The first-order chi connectivity index (χ1) is 7.89. The Morgan fingerprint density at radius 2 is 1.88 bits per heavy atom. The molecule has 92 valence electrons. The lowest BCUT2D eigenvalue weighted by Crippen LogP contribution is -2.34. The molecule has 1 unspecified atom stereocenters. The van der Waals surface area contributed by atoms with E-state index < -0.39 is 10.0 Å². The molecule has 1 rings (SSSR count). The Hall–Kier alpha value is -1.38. The normalized spacial score (nSPS) is 13.4. The van der Waals surface area contributed by atoms with Crippen LogP contribution in [0.25, 0.3) is 0 Å². The molecule has 0 bridgehead atoms. The molecule has 1 aromatic carbocycles. The summed E-state index contributed by atoms with van der Waals surface area (Å²) in [5, 5.41) is 8.59. The van der Waals surface area contributed by atoms with Crippen molar-refractivity contribution < 1.29 is 8.42 Å². The van der Waals surface area contributed by atoms with E-state index in [-0.39, 0.29) is 17.4 Å². The van der Waals surface area contributed by atoms with Crippen molar-refractivity contribution in [3.8, 4) is 6.07 Å². The molecule has 1 aromatic rings. The van der Waals surface area contributed by atoms with Gasteiger partial charge in [0.25, 0.3) is 0 Å². The molecule has 4 nitrogen and oxygen atoms in total. The molecular weight excluding hydrogens is 236 g/mol. The van der Waals surface area contributed by atoms with E-state index in [1.807, 2.05) is 13.0 Å². The van der Waals surface area contributed by atoms with E-state index in [1.54, 1.807) is 31.2 Å². The third-order valence-electron chi connectivity index (χ3n) is 2.71. The van der Waals surface area contributed by atoms with Crippen LogP contribution in [0.1, 0.15) is 18.9 Å². The van der Waals surface area contributed by atoms with Gasteiger partial charge in [-0.2, -0.15) is 9.57 Å². The van der Waals surface area contributed by atoms with E-state index in [0.29, 0.717) is 0 Å². The lowest BCUT2D eigenvalue weighted by molar-refractivity contribution is 0.393. The Labute approximate surface area is 103 Å². The lowest BCUT2D eigenvalue weighted by atomic mass is 10.2. The second kappa shape index (κ2) is 5.30. The van der Waals surface area contributed by atoms with Crippen LogP contribution in [0, 0.1) is 18.3 Å². The fourth-order valence-corrected chi connectivity index (χ4v) is 2.73. The van der Waals surface area contributed by atoms with Gasteiger partial charge < -0.3 is 0 Å². The molecule has 0 radical (unpaired) electrons. The molecule has 0 heterocycles. The molecule has 0 aliphatic carbocycles. The molecule has 0 N–H and O–H groups in total. The van der Waals surface area contributed by atoms with E-state index in [9.17, 15) is 8.42 Å². The standard InChI is InChI=1S/C12H16N2O2S/c1-10-4-6-12(7-5-10)17(15,16)14(3)11(2)8-9-13/h4-7,11H,8H2,1-3H3. The third-order valence-corrected chi connectivity index (χ3v) is 4.69. The average molecular weight is 252 g/mol. The third kappa shape index (κ3) is 3.05. The van der Waals surface area contributed by atoms with Gasteiger partial charge in [0, 0.05) is 13.1 Å². The molecule has 0 amide bonds. The highest BCUT2D eigenvalue weighted by Crippen LogP contribution is 2.17. The maximum atomic E-state index is 12.2. The van der Waals surface area contributed by atoms with Crippen LogP contribution in [0.3, 0.4) is 0 Å². The van der Waals surface area contributed by atoms with Crippen LogP contribution in [0.2, 0.25) is 0 Å². The SMILES string of the molecule is Cc1ccc(S(=O)(=O)N(C)C(C)CC#N)cc1. The lowest BCUT2D eigenvalue weighted by Gasteiger charge is -2.22. The number of aryl methyl sites for hydroxylation is 1. The van der Waals surface area contributed by atoms with Crippen molar-refractivity contribution in [1.29, 1.82) is 5.26 Å². The number of sulfonamides is 1. The summed E-state index contributed by atoms with van der Waals surface area (Å²) in [7, 11) is -2.00. The van der Waals surface area contributed by atoms with Crippen molar-refractivity contribution in [1.82, 2.24) is 4.31 Å². The zero-order chi connectivity index (χ0) is 13.1. The number of rotatable bonds is 4. The van der Waals surface area contributed by atoms with Crippen molar-refractivity contribution >= 4 is 10.0 Å². The van der Waals surface area contributed by atoms with E-state index in [0.717, 1.165) is 5.56 Å². The van der Waals surface area contributed by atoms with Gasteiger partial charge in [0.2, 0.25) is 10.0 Å². The Balaban J connectivity index is 3.03. The molecule has 17 heavy (non-hydrogen) atoms. The molecule has 0 aliphatic heterocycles. The summed E-state index contributed by atoms with van der Waals surface area (Å²) in [5.41, 5.74) is 1.01. The quantitative estimate of drug-likeness (QED) is 0.822. The van der Waals surface area contributed by atoms with Crippen molar-refractivity contribution in [3.05, 3.63) is 29.8 Å². The molecule has 1 atom stereocenters. The monoisotopic (exact) mass is 252 g/mol. The van der Waals surface area contributed by atoms with Gasteiger partial charge in [-0.3, -0.25) is 0 Å². The molecule has 0 aliphatic rings. The fourth-order valence-electron chi connectivity index (χ4n) is 1.37. The Morgan fingerprint density at radius 3 is 2.35 bits per heavy atom. The predicted octanol–water partition coefficient (Wildman–Crippen LogP) is 1.92. The summed E-state index contributed by atoms with van der Waals surface area (Å²) >= 11 is 0. The second-order valence-electron chi connectivity index (χ2n) is 4.05. The van der Waals surface area contributed by atoms with Gasteiger partial charge in [0.15, 0.2) is 0 Å². The molecular formula is C12H16N2O2S. The van der Waals surface area contributed by atoms with E-state index in [4.69, 9.17) is 5.26 Å². The fraction of sp³-hybridized carbons (Fsp3) is 0.417. The largest absolute Gasteiger partial charge is 0.243 e. The van der Waals surface area contributed by atoms with Gasteiger partial charge in [-0.15, -0.1) is 0 Å². The van der Waals surface area contributed by atoms with Crippen LogP contribution in [0.4, 0.5) is 0 Å². The van der Waals surface area contributed by atoms with Crippen molar-refractivity contribution in [2.24, 2.45) is 0 Å². The first kappa shape index (κ1) is 13.7. The van der Waals surface area contributed by atoms with Crippen LogP contribution < -0.4 is 0 Å². The van der Waals surface area contributed by atoms with Gasteiger partial charge in [-0.25, -0.2) is 8.42 Å². The van der Waals surface area contributed by atoms with Gasteiger partial charge in [0.1, 0.15) is 0 Å². The number of nitrogens with zero attached hydrogens (tertiary/aromatic N) is 2. The van der Waals surface area contributed by atoms with Gasteiger partial charge in [-0.1, -0.05) is 17.7 Å². The summed E-state index contributed by atoms with van der Waals surface area (Å²) in [4.78, 5) is 0.260. The van der Waals surface area contributed by atoms with Crippen molar-refractivity contribution in [2.75, 3.05) is 7.05 Å². The number of nitriles is 1. The maximum absolute atomic E-state index is 12.2. The average Bonchev–Trinajstić information content (AvgIpc) is 2.29. The van der Waals surface area contributed by atoms with Crippen LogP contribution >= 0.6 is 0 Å². The zero-order valence-electron chi connectivity index (χ0n) is 10.2. The highest BCUT2D eigenvalue weighted by atomic mass is 32.2. The highest BCUT2D eigenvalue weighted by Gasteiger charge is 2.24. The summed E-state index contributed by atoms with van der Waals surface area (Å²) in [6.07, 6.45) is 0.182. The minimum atomic E-state index is -3.49. The summed E-state index contributed by atoms with van der Waals surface area (Å²) in [6.45, 7) is 3.62. The Kier molecular flexibility index (Phi) is 4.27.